The van der Waals surface area contributed by atoms with Crippen molar-refractivity contribution < 1.29 is 10.2 Å². The van der Waals surface area contributed by atoms with E-state index in [1.165, 1.54) is 0 Å². The maximum absolute atomic E-state index is 10.7. The molecule has 0 aliphatic carbocycles. The van der Waals surface area contributed by atoms with Crippen LogP contribution >= 0.6 is 0 Å². The van der Waals surface area contributed by atoms with Gasteiger partial charge in [-0.15, -0.1) is 0 Å². The zero-order valence-electron chi connectivity index (χ0n) is 14.3. The van der Waals surface area contributed by atoms with Gasteiger partial charge in [0.1, 0.15) is 11.5 Å². The second-order valence-corrected chi connectivity index (χ2v) is 7.88. The molecule has 0 amide bonds. The van der Waals surface area contributed by atoms with E-state index in [9.17, 15) is 10.2 Å². The molecule has 0 aromatic heterocycles. The first-order chi connectivity index (χ1) is 10.00. The summed E-state index contributed by atoms with van der Waals surface area (Å²) in [6.07, 6.45) is 0. The summed E-state index contributed by atoms with van der Waals surface area (Å²) in [4.78, 5) is 0. The van der Waals surface area contributed by atoms with Crippen molar-refractivity contribution in [3.8, 4) is 22.6 Å². The SMILES string of the molecule is CC(C)(C)c1cc(-c2[c]ccc(O)c2)cc(C(C)(C)C)c1O. The van der Waals surface area contributed by atoms with Crippen LogP contribution in [0.1, 0.15) is 52.7 Å². The fourth-order valence-corrected chi connectivity index (χ4v) is 2.55. The van der Waals surface area contributed by atoms with E-state index in [2.05, 4.69) is 47.6 Å². The predicted molar refractivity (Wildman–Crippen MR) is 91.4 cm³/mol. The third-order valence-electron chi connectivity index (χ3n) is 3.82. The summed E-state index contributed by atoms with van der Waals surface area (Å²) >= 11 is 0. The molecule has 2 rings (SSSR count). The lowest BCUT2D eigenvalue weighted by atomic mass is 9.78. The Bertz CT molecular complexity index is 651. The molecule has 2 N–H and O–H groups in total. The van der Waals surface area contributed by atoms with E-state index in [0.717, 1.165) is 22.3 Å². The molecule has 117 valence electrons. The molecule has 0 spiro atoms. The summed E-state index contributed by atoms with van der Waals surface area (Å²) in [6, 6.07) is 12.2. The van der Waals surface area contributed by atoms with Crippen LogP contribution in [0, 0.1) is 6.07 Å². The van der Waals surface area contributed by atoms with Gasteiger partial charge in [0, 0.05) is 11.1 Å². The molecule has 0 unspecified atom stereocenters. The fourth-order valence-electron chi connectivity index (χ4n) is 2.55. The summed E-state index contributed by atoms with van der Waals surface area (Å²) in [7, 11) is 0. The predicted octanol–water partition coefficient (Wildman–Crippen LogP) is 5.16. The van der Waals surface area contributed by atoms with Crippen LogP contribution in [0.4, 0.5) is 0 Å². The van der Waals surface area contributed by atoms with Gasteiger partial charge in [-0.05, 0) is 52.3 Å². The molecule has 0 aliphatic heterocycles. The maximum Gasteiger partial charge on any atom is 0.123 e. The number of phenols is 2. The van der Waals surface area contributed by atoms with E-state index >= 15 is 0 Å². The van der Waals surface area contributed by atoms with E-state index in [1.807, 2.05) is 12.1 Å². The molecule has 0 saturated heterocycles. The molecule has 2 aromatic rings. The van der Waals surface area contributed by atoms with Crippen LogP contribution in [0.15, 0.2) is 30.3 Å². The van der Waals surface area contributed by atoms with Gasteiger partial charge in [0.15, 0.2) is 0 Å². The minimum Gasteiger partial charge on any atom is -0.508 e. The van der Waals surface area contributed by atoms with Crippen LogP contribution in [-0.2, 0) is 10.8 Å². The van der Waals surface area contributed by atoms with Gasteiger partial charge in [-0.25, -0.2) is 0 Å². The fraction of sp³-hybridized carbons (Fsp3) is 0.400. The molecule has 2 nitrogen and oxygen atoms in total. The molecule has 0 bridgehead atoms. The summed E-state index contributed by atoms with van der Waals surface area (Å²) in [5.74, 6) is 0.584. The number of hydrogen-bond acceptors (Lipinski definition) is 2. The largest absolute Gasteiger partial charge is 0.508 e. The highest BCUT2D eigenvalue weighted by molar-refractivity contribution is 5.69. The lowest BCUT2D eigenvalue weighted by Gasteiger charge is -2.28. The Hall–Kier alpha value is -1.96. The van der Waals surface area contributed by atoms with Crippen LogP contribution in [-0.4, -0.2) is 10.2 Å². The molecular weight excluding hydrogens is 272 g/mol. The Balaban J connectivity index is 2.76. The van der Waals surface area contributed by atoms with Crippen LogP contribution in [0.2, 0.25) is 0 Å². The molecule has 0 atom stereocenters. The average molecular weight is 297 g/mol. The Morgan fingerprint density at radius 1 is 0.818 bits per heavy atom. The molecule has 0 saturated carbocycles. The van der Waals surface area contributed by atoms with Gasteiger partial charge in [0.2, 0.25) is 0 Å². The van der Waals surface area contributed by atoms with Gasteiger partial charge in [0.25, 0.3) is 0 Å². The third kappa shape index (κ3) is 3.27. The summed E-state index contributed by atoms with van der Waals surface area (Å²) in [5.41, 5.74) is 3.27. The topological polar surface area (TPSA) is 40.5 Å². The lowest BCUT2D eigenvalue weighted by molar-refractivity contribution is 0.423. The van der Waals surface area contributed by atoms with Crippen molar-refractivity contribution in [2.45, 2.75) is 52.4 Å². The zero-order chi connectivity index (χ0) is 16.7. The summed E-state index contributed by atoms with van der Waals surface area (Å²) in [5, 5.41) is 20.4. The van der Waals surface area contributed by atoms with Crippen molar-refractivity contribution in [1.29, 1.82) is 0 Å². The minimum atomic E-state index is -0.170. The van der Waals surface area contributed by atoms with Gasteiger partial charge in [-0.2, -0.15) is 0 Å². The Morgan fingerprint density at radius 3 is 1.73 bits per heavy atom. The number of benzene rings is 2. The van der Waals surface area contributed by atoms with E-state index < -0.39 is 0 Å². The smallest absolute Gasteiger partial charge is 0.123 e. The van der Waals surface area contributed by atoms with Crippen molar-refractivity contribution in [3.63, 3.8) is 0 Å². The van der Waals surface area contributed by atoms with Crippen LogP contribution in [0.25, 0.3) is 11.1 Å². The lowest BCUT2D eigenvalue weighted by Crippen LogP contribution is -2.17. The Kier molecular flexibility index (Phi) is 3.99. The average Bonchev–Trinajstić information content (AvgIpc) is 2.36. The van der Waals surface area contributed by atoms with Crippen molar-refractivity contribution in [2.75, 3.05) is 0 Å². The first kappa shape index (κ1) is 16.4. The Labute approximate surface area is 133 Å². The highest BCUT2D eigenvalue weighted by Crippen LogP contribution is 2.42. The van der Waals surface area contributed by atoms with E-state index in [1.54, 1.807) is 18.2 Å². The second-order valence-electron chi connectivity index (χ2n) is 7.88. The monoisotopic (exact) mass is 297 g/mol. The van der Waals surface area contributed by atoms with Crippen LogP contribution in [0.5, 0.6) is 11.5 Å². The minimum absolute atomic E-state index is 0.170. The number of hydrogen-bond donors (Lipinski definition) is 2. The number of aromatic hydroxyl groups is 2. The molecule has 0 heterocycles. The van der Waals surface area contributed by atoms with E-state index in [0.29, 0.717) is 5.75 Å². The standard InChI is InChI=1S/C20H25O2/c1-19(2,3)16-11-14(13-8-7-9-15(21)10-13)12-17(18(16)22)20(4,5)6/h7,9-12,21-22H,1-6H3. The van der Waals surface area contributed by atoms with Gasteiger partial charge in [-0.3, -0.25) is 0 Å². The molecule has 2 heteroatoms. The van der Waals surface area contributed by atoms with Gasteiger partial charge < -0.3 is 10.2 Å². The quantitative estimate of drug-likeness (QED) is 0.763. The molecule has 22 heavy (non-hydrogen) atoms. The van der Waals surface area contributed by atoms with Crippen LogP contribution < -0.4 is 0 Å². The van der Waals surface area contributed by atoms with Crippen molar-refractivity contribution in [3.05, 3.63) is 47.5 Å². The second kappa shape index (κ2) is 5.35. The number of rotatable bonds is 1. The third-order valence-corrected chi connectivity index (χ3v) is 3.82. The normalized spacial score (nSPS) is 12.5. The zero-order valence-corrected chi connectivity index (χ0v) is 14.3. The van der Waals surface area contributed by atoms with Crippen molar-refractivity contribution in [2.24, 2.45) is 0 Å². The first-order valence-electron chi connectivity index (χ1n) is 7.59. The van der Waals surface area contributed by atoms with Crippen LogP contribution in [0.3, 0.4) is 0 Å². The summed E-state index contributed by atoms with van der Waals surface area (Å²) in [6.45, 7) is 12.5. The summed E-state index contributed by atoms with van der Waals surface area (Å²) < 4.78 is 0. The van der Waals surface area contributed by atoms with Gasteiger partial charge in [0.05, 0.1) is 0 Å². The van der Waals surface area contributed by atoms with Gasteiger partial charge >= 0.3 is 0 Å². The van der Waals surface area contributed by atoms with E-state index in [-0.39, 0.29) is 16.6 Å². The van der Waals surface area contributed by atoms with Gasteiger partial charge in [-0.1, -0.05) is 47.6 Å². The maximum atomic E-state index is 10.7. The highest BCUT2D eigenvalue weighted by Gasteiger charge is 2.26. The van der Waals surface area contributed by atoms with Crippen molar-refractivity contribution >= 4 is 0 Å². The molecule has 0 fully saturated rings. The molecular formula is C20H25O2. The van der Waals surface area contributed by atoms with Crippen molar-refractivity contribution in [1.82, 2.24) is 0 Å². The first-order valence-corrected chi connectivity index (χ1v) is 7.59. The van der Waals surface area contributed by atoms with E-state index in [4.69, 9.17) is 0 Å². The Morgan fingerprint density at radius 2 is 1.32 bits per heavy atom. The number of phenolic OH excluding ortho intramolecular Hbond substituents is 2. The molecule has 0 aliphatic rings. The molecule has 1 radical (unpaired) electrons. The highest BCUT2D eigenvalue weighted by atomic mass is 16.3. The molecule has 2 aromatic carbocycles.